The Morgan fingerprint density at radius 1 is 1.24 bits per heavy atom. The van der Waals surface area contributed by atoms with Gasteiger partial charge < -0.3 is 19.3 Å². The number of hydrogen-bond donors (Lipinski definition) is 1. The number of hydrogen-bond acceptors (Lipinski definition) is 5. The third kappa shape index (κ3) is 3.17. The molecule has 1 N–H and O–H groups in total. The summed E-state index contributed by atoms with van der Waals surface area (Å²) in [5.41, 5.74) is 0. The molecule has 0 unspecified atom stereocenters. The SMILES string of the molecule is COCOC[C@H]1[C@H](CO)[C@@H]2C=C(Sc3ccccc3)[C@H]1O2. The first-order chi connectivity index (χ1) is 10.3. The summed E-state index contributed by atoms with van der Waals surface area (Å²) >= 11 is 1.74. The molecule has 0 amide bonds. The zero-order valence-corrected chi connectivity index (χ0v) is 12.8. The number of methoxy groups -OCH3 is 1. The van der Waals surface area contributed by atoms with Gasteiger partial charge >= 0.3 is 0 Å². The van der Waals surface area contributed by atoms with Crippen molar-refractivity contribution >= 4 is 11.8 Å². The Bertz CT molecular complexity index is 490. The van der Waals surface area contributed by atoms with Crippen LogP contribution in [0.5, 0.6) is 0 Å². The Kier molecular flexibility index (Phi) is 4.98. The van der Waals surface area contributed by atoms with Gasteiger partial charge in [-0.15, -0.1) is 0 Å². The number of aliphatic hydroxyl groups is 1. The molecule has 5 heteroatoms. The van der Waals surface area contributed by atoms with E-state index in [4.69, 9.17) is 14.2 Å². The molecule has 3 rings (SSSR count). The molecule has 2 heterocycles. The Morgan fingerprint density at radius 3 is 2.76 bits per heavy atom. The molecule has 4 nitrogen and oxygen atoms in total. The maximum Gasteiger partial charge on any atom is 0.146 e. The molecular formula is C16H20O4S. The first-order valence-electron chi connectivity index (χ1n) is 7.11. The molecule has 0 radical (unpaired) electrons. The van der Waals surface area contributed by atoms with E-state index in [2.05, 4.69) is 18.2 Å². The van der Waals surface area contributed by atoms with E-state index in [9.17, 15) is 5.11 Å². The monoisotopic (exact) mass is 308 g/mol. The molecule has 1 aromatic carbocycles. The highest BCUT2D eigenvalue weighted by molar-refractivity contribution is 8.03. The number of rotatable bonds is 7. The van der Waals surface area contributed by atoms with Gasteiger partial charge in [0.15, 0.2) is 0 Å². The van der Waals surface area contributed by atoms with Crippen molar-refractivity contribution in [1.29, 1.82) is 0 Å². The van der Waals surface area contributed by atoms with Crippen LogP contribution in [0.25, 0.3) is 0 Å². The van der Waals surface area contributed by atoms with Crippen molar-refractivity contribution < 1.29 is 19.3 Å². The van der Waals surface area contributed by atoms with Crippen molar-refractivity contribution in [2.75, 3.05) is 27.1 Å². The summed E-state index contributed by atoms with van der Waals surface area (Å²) in [5.74, 6) is 0.304. The highest BCUT2D eigenvalue weighted by Crippen LogP contribution is 2.48. The summed E-state index contributed by atoms with van der Waals surface area (Å²) < 4.78 is 16.4. The summed E-state index contributed by atoms with van der Waals surface area (Å²) in [6, 6.07) is 10.3. The van der Waals surface area contributed by atoms with E-state index >= 15 is 0 Å². The predicted octanol–water partition coefficient (Wildman–Crippen LogP) is 2.29. The fourth-order valence-corrected chi connectivity index (χ4v) is 4.09. The smallest absolute Gasteiger partial charge is 0.146 e. The Morgan fingerprint density at radius 2 is 2.05 bits per heavy atom. The van der Waals surface area contributed by atoms with Crippen molar-refractivity contribution in [3.63, 3.8) is 0 Å². The topological polar surface area (TPSA) is 47.9 Å². The van der Waals surface area contributed by atoms with E-state index in [-0.39, 0.29) is 37.4 Å². The van der Waals surface area contributed by atoms with Gasteiger partial charge in [-0.3, -0.25) is 0 Å². The van der Waals surface area contributed by atoms with Gasteiger partial charge in [-0.1, -0.05) is 30.0 Å². The molecule has 21 heavy (non-hydrogen) atoms. The third-order valence-electron chi connectivity index (χ3n) is 3.97. The van der Waals surface area contributed by atoms with Crippen LogP contribution in [-0.2, 0) is 14.2 Å². The van der Waals surface area contributed by atoms with Gasteiger partial charge in [0.25, 0.3) is 0 Å². The van der Waals surface area contributed by atoms with Crippen molar-refractivity contribution in [3.05, 3.63) is 41.3 Å². The maximum absolute atomic E-state index is 9.59. The van der Waals surface area contributed by atoms with Crippen molar-refractivity contribution in [2.45, 2.75) is 17.1 Å². The van der Waals surface area contributed by atoms with Crippen LogP contribution in [0.15, 0.2) is 46.2 Å². The van der Waals surface area contributed by atoms with Gasteiger partial charge in [0.05, 0.1) is 18.8 Å². The number of thioether (sulfide) groups is 1. The zero-order chi connectivity index (χ0) is 14.7. The summed E-state index contributed by atoms with van der Waals surface area (Å²) in [5, 5.41) is 9.59. The van der Waals surface area contributed by atoms with Gasteiger partial charge in [0.1, 0.15) is 6.79 Å². The quantitative estimate of drug-likeness (QED) is 0.618. The lowest BCUT2D eigenvalue weighted by Crippen LogP contribution is -2.32. The summed E-state index contributed by atoms with van der Waals surface area (Å²) in [7, 11) is 1.61. The highest BCUT2D eigenvalue weighted by Gasteiger charge is 2.49. The zero-order valence-electron chi connectivity index (χ0n) is 12.0. The average molecular weight is 308 g/mol. The number of ether oxygens (including phenoxy) is 3. The number of fused-ring (bicyclic) bond motifs is 2. The molecule has 2 aliphatic heterocycles. The summed E-state index contributed by atoms with van der Waals surface area (Å²) in [6.45, 7) is 0.950. The molecule has 1 fully saturated rings. The highest BCUT2D eigenvalue weighted by atomic mass is 32.2. The van der Waals surface area contributed by atoms with Crippen LogP contribution in [-0.4, -0.2) is 44.4 Å². The lowest BCUT2D eigenvalue weighted by molar-refractivity contribution is -0.0535. The number of benzene rings is 1. The van der Waals surface area contributed by atoms with E-state index < -0.39 is 0 Å². The van der Waals surface area contributed by atoms with Gasteiger partial charge in [0.2, 0.25) is 0 Å². The molecule has 4 atom stereocenters. The first kappa shape index (κ1) is 15.1. The Labute approximate surface area is 129 Å². The minimum absolute atomic E-state index is 0.00218. The first-order valence-corrected chi connectivity index (χ1v) is 7.92. The van der Waals surface area contributed by atoms with E-state index in [1.165, 1.54) is 9.80 Å². The lowest BCUT2D eigenvalue weighted by Gasteiger charge is -2.26. The number of aliphatic hydroxyl groups excluding tert-OH is 1. The second-order valence-electron chi connectivity index (χ2n) is 5.29. The van der Waals surface area contributed by atoms with E-state index in [0.717, 1.165) is 0 Å². The summed E-state index contributed by atoms with van der Waals surface area (Å²) in [6.07, 6.45) is 2.17. The van der Waals surface area contributed by atoms with E-state index in [1.54, 1.807) is 18.9 Å². The van der Waals surface area contributed by atoms with E-state index in [1.807, 2.05) is 18.2 Å². The molecule has 0 aromatic heterocycles. The van der Waals surface area contributed by atoms with E-state index in [0.29, 0.717) is 6.61 Å². The van der Waals surface area contributed by atoms with Crippen LogP contribution in [0.4, 0.5) is 0 Å². The lowest BCUT2D eigenvalue weighted by atomic mass is 9.84. The summed E-state index contributed by atoms with van der Waals surface area (Å²) in [4.78, 5) is 2.43. The average Bonchev–Trinajstić information content (AvgIpc) is 3.06. The molecule has 1 saturated heterocycles. The van der Waals surface area contributed by atoms with Crippen LogP contribution >= 0.6 is 11.8 Å². The normalized spacial score (nSPS) is 30.7. The molecule has 2 bridgehead atoms. The van der Waals surface area contributed by atoms with Crippen LogP contribution < -0.4 is 0 Å². The molecule has 0 spiro atoms. The standard InChI is InChI=1S/C16H20O4S/c1-18-10-19-9-13-12(8-17)14-7-15(16(13)20-14)21-11-5-3-2-4-6-11/h2-7,12-14,16-17H,8-10H2,1H3/t12-,13-,14-,16-/m0/s1. The van der Waals surface area contributed by atoms with Crippen molar-refractivity contribution in [3.8, 4) is 0 Å². The minimum atomic E-state index is 0.00218. The molecule has 0 aliphatic carbocycles. The van der Waals surface area contributed by atoms with Gasteiger partial charge in [-0.05, 0) is 18.2 Å². The second-order valence-corrected chi connectivity index (χ2v) is 6.44. The van der Waals surface area contributed by atoms with Crippen LogP contribution in [0.3, 0.4) is 0 Å². The molecule has 0 saturated carbocycles. The Hall–Kier alpha value is -0.850. The third-order valence-corrected chi connectivity index (χ3v) is 5.09. The van der Waals surface area contributed by atoms with Crippen LogP contribution in [0, 0.1) is 11.8 Å². The molecule has 114 valence electrons. The molecular weight excluding hydrogens is 288 g/mol. The van der Waals surface area contributed by atoms with Gasteiger partial charge in [0, 0.05) is 35.4 Å². The Balaban J connectivity index is 1.69. The van der Waals surface area contributed by atoms with Crippen LogP contribution in [0.2, 0.25) is 0 Å². The van der Waals surface area contributed by atoms with Crippen LogP contribution in [0.1, 0.15) is 0 Å². The van der Waals surface area contributed by atoms with Crippen molar-refractivity contribution in [1.82, 2.24) is 0 Å². The molecule has 2 aliphatic rings. The fourth-order valence-electron chi connectivity index (χ4n) is 2.97. The fraction of sp³-hybridized carbons (Fsp3) is 0.500. The maximum atomic E-state index is 9.59. The second kappa shape index (κ2) is 6.94. The van der Waals surface area contributed by atoms with Gasteiger partial charge in [-0.2, -0.15) is 0 Å². The van der Waals surface area contributed by atoms with Crippen molar-refractivity contribution in [2.24, 2.45) is 11.8 Å². The van der Waals surface area contributed by atoms with Gasteiger partial charge in [-0.25, -0.2) is 0 Å². The largest absolute Gasteiger partial charge is 0.396 e. The minimum Gasteiger partial charge on any atom is -0.396 e. The molecule has 1 aromatic rings. The predicted molar refractivity (Wildman–Crippen MR) is 80.9 cm³/mol.